The fraction of sp³-hybridized carbons (Fsp3) is 0.357. The molecule has 0 saturated heterocycles. The molecule has 1 aromatic carbocycles. The smallest absolute Gasteiger partial charge is 0.244 e. The number of amides is 1. The Balaban J connectivity index is 2.50. The van der Waals surface area contributed by atoms with E-state index in [1.807, 2.05) is 0 Å². The first kappa shape index (κ1) is 15.1. The summed E-state index contributed by atoms with van der Waals surface area (Å²) in [6, 6.07) is 5.17. The van der Waals surface area contributed by atoms with Crippen LogP contribution in [0.2, 0.25) is 10.0 Å². The lowest BCUT2D eigenvalue weighted by Gasteiger charge is -2.04. The fourth-order valence-corrected chi connectivity index (χ4v) is 1.82. The van der Waals surface area contributed by atoms with Crippen molar-refractivity contribution in [2.75, 3.05) is 6.54 Å². The van der Waals surface area contributed by atoms with Crippen molar-refractivity contribution in [2.24, 2.45) is 5.92 Å². The van der Waals surface area contributed by atoms with Crippen LogP contribution in [0.3, 0.4) is 0 Å². The van der Waals surface area contributed by atoms with Crippen molar-refractivity contribution in [2.45, 2.75) is 20.3 Å². The van der Waals surface area contributed by atoms with Crippen LogP contribution in [0.1, 0.15) is 25.8 Å². The molecule has 0 fully saturated rings. The van der Waals surface area contributed by atoms with Gasteiger partial charge in [-0.25, -0.2) is 0 Å². The van der Waals surface area contributed by atoms with E-state index in [-0.39, 0.29) is 5.91 Å². The highest BCUT2D eigenvalue weighted by Gasteiger charge is 2.00. The van der Waals surface area contributed by atoms with Crippen LogP contribution in [0.4, 0.5) is 0 Å². The van der Waals surface area contributed by atoms with Crippen LogP contribution in [0.15, 0.2) is 24.3 Å². The van der Waals surface area contributed by atoms with Gasteiger partial charge in [-0.3, -0.25) is 4.79 Å². The predicted octanol–water partition coefficient (Wildman–Crippen LogP) is 4.17. The summed E-state index contributed by atoms with van der Waals surface area (Å²) in [5.74, 6) is 0.474. The Bertz CT molecular complexity index is 441. The van der Waals surface area contributed by atoms with Gasteiger partial charge in [0.15, 0.2) is 0 Å². The summed E-state index contributed by atoms with van der Waals surface area (Å²) in [6.45, 7) is 4.93. The zero-order chi connectivity index (χ0) is 13.5. The highest BCUT2D eigenvalue weighted by molar-refractivity contribution is 6.35. The first-order chi connectivity index (χ1) is 8.49. The van der Waals surface area contributed by atoms with Crippen LogP contribution < -0.4 is 5.32 Å². The van der Waals surface area contributed by atoms with E-state index in [4.69, 9.17) is 23.2 Å². The van der Waals surface area contributed by atoms with Gasteiger partial charge in [-0.1, -0.05) is 43.1 Å². The minimum atomic E-state index is -0.110. The third-order valence-electron chi connectivity index (χ3n) is 2.40. The molecule has 2 nitrogen and oxygen atoms in total. The molecule has 0 aliphatic rings. The molecule has 1 rings (SSSR count). The fourth-order valence-electron chi connectivity index (χ4n) is 1.35. The molecule has 0 aliphatic carbocycles. The van der Waals surface area contributed by atoms with E-state index in [0.717, 1.165) is 12.0 Å². The molecule has 1 N–H and O–H groups in total. The lowest BCUT2D eigenvalue weighted by atomic mass is 10.1. The van der Waals surface area contributed by atoms with Crippen molar-refractivity contribution in [1.29, 1.82) is 0 Å². The van der Waals surface area contributed by atoms with Crippen molar-refractivity contribution in [3.8, 4) is 0 Å². The third-order valence-corrected chi connectivity index (χ3v) is 2.96. The molecule has 0 heterocycles. The highest BCUT2D eigenvalue weighted by Crippen LogP contribution is 2.21. The van der Waals surface area contributed by atoms with Gasteiger partial charge in [0.25, 0.3) is 0 Å². The minimum absolute atomic E-state index is 0.110. The average molecular weight is 286 g/mol. The molecular weight excluding hydrogens is 269 g/mol. The summed E-state index contributed by atoms with van der Waals surface area (Å²) < 4.78 is 0. The van der Waals surface area contributed by atoms with Gasteiger partial charge in [0.1, 0.15) is 0 Å². The topological polar surface area (TPSA) is 29.1 Å². The number of halogens is 2. The van der Waals surface area contributed by atoms with Crippen LogP contribution in [0.25, 0.3) is 6.08 Å². The molecule has 98 valence electrons. The van der Waals surface area contributed by atoms with E-state index in [2.05, 4.69) is 19.2 Å². The van der Waals surface area contributed by atoms with E-state index in [1.165, 1.54) is 6.08 Å². The molecule has 1 aromatic rings. The van der Waals surface area contributed by atoms with Gasteiger partial charge in [-0.15, -0.1) is 0 Å². The maximum absolute atomic E-state index is 11.5. The number of nitrogens with one attached hydrogen (secondary N) is 1. The molecule has 0 radical (unpaired) electrons. The van der Waals surface area contributed by atoms with Gasteiger partial charge in [-0.2, -0.15) is 0 Å². The number of hydrogen-bond acceptors (Lipinski definition) is 1. The molecule has 0 spiro atoms. The average Bonchev–Trinajstić information content (AvgIpc) is 2.27. The van der Waals surface area contributed by atoms with Crippen molar-refractivity contribution >= 4 is 35.2 Å². The standard InChI is InChI=1S/C14H17Cl2NO/c1-10(2)7-8-17-14(18)6-4-11-3-5-12(15)9-13(11)16/h3-6,9-10H,7-8H2,1-2H3,(H,17,18). The first-order valence-corrected chi connectivity index (χ1v) is 6.65. The van der Waals surface area contributed by atoms with Crippen LogP contribution in [-0.4, -0.2) is 12.5 Å². The van der Waals surface area contributed by atoms with E-state index in [1.54, 1.807) is 24.3 Å². The first-order valence-electron chi connectivity index (χ1n) is 5.90. The quantitative estimate of drug-likeness (QED) is 0.809. The zero-order valence-electron chi connectivity index (χ0n) is 10.5. The van der Waals surface area contributed by atoms with Crippen molar-refractivity contribution in [3.63, 3.8) is 0 Å². The van der Waals surface area contributed by atoms with Gasteiger partial charge < -0.3 is 5.32 Å². The Kier molecular flexibility index (Phi) is 6.23. The van der Waals surface area contributed by atoms with E-state index >= 15 is 0 Å². The SMILES string of the molecule is CC(C)CCNC(=O)C=Cc1ccc(Cl)cc1Cl. The third kappa shape index (κ3) is 5.56. The van der Waals surface area contributed by atoms with E-state index in [9.17, 15) is 4.79 Å². The molecule has 18 heavy (non-hydrogen) atoms. The summed E-state index contributed by atoms with van der Waals surface area (Å²) in [4.78, 5) is 11.5. The second-order valence-corrected chi connectivity index (χ2v) is 5.32. The highest BCUT2D eigenvalue weighted by atomic mass is 35.5. The Morgan fingerprint density at radius 3 is 2.72 bits per heavy atom. The molecule has 4 heteroatoms. The monoisotopic (exact) mass is 285 g/mol. The number of hydrogen-bond donors (Lipinski definition) is 1. The largest absolute Gasteiger partial charge is 0.353 e. The Morgan fingerprint density at radius 1 is 1.39 bits per heavy atom. The molecule has 0 unspecified atom stereocenters. The Labute approximate surface area is 118 Å². The summed E-state index contributed by atoms with van der Waals surface area (Å²) in [6.07, 6.45) is 4.14. The van der Waals surface area contributed by atoms with Crippen LogP contribution in [0, 0.1) is 5.92 Å². The summed E-state index contributed by atoms with van der Waals surface area (Å²) in [7, 11) is 0. The van der Waals surface area contributed by atoms with Crippen LogP contribution >= 0.6 is 23.2 Å². The summed E-state index contributed by atoms with van der Waals surface area (Å²) >= 11 is 11.8. The Hall–Kier alpha value is -0.990. The van der Waals surface area contributed by atoms with E-state index < -0.39 is 0 Å². The van der Waals surface area contributed by atoms with Crippen LogP contribution in [0.5, 0.6) is 0 Å². The maximum atomic E-state index is 11.5. The second-order valence-electron chi connectivity index (χ2n) is 4.47. The molecule has 0 aromatic heterocycles. The van der Waals surface area contributed by atoms with Gasteiger partial charge in [-0.05, 0) is 36.1 Å². The number of rotatable bonds is 5. The van der Waals surface area contributed by atoms with Gasteiger partial charge in [0.05, 0.1) is 0 Å². The number of carbonyl (C=O) groups excluding carboxylic acids is 1. The van der Waals surface area contributed by atoms with Gasteiger partial charge in [0, 0.05) is 22.7 Å². The molecule has 0 saturated carbocycles. The molecule has 1 amide bonds. The minimum Gasteiger partial charge on any atom is -0.353 e. The summed E-state index contributed by atoms with van der Waals surface area (Å²) in [5, 5.41) is 3.94. The molecule has 0 bridgehead atoms. The normalized spacial score (nSPS) is 11.2. The molecule has 0 aliphatic heterocycles. The van der Waals surface area contributed by atoms with Gasteiger partial charge in [0.2, 0.25) is 5.91 Å². The summed E-state index contributed by atoms with van der Waals surface area (Å²) in [5.41, 5.74) is 0.778. The van der Waals surface area contributed by atoms with Gasteiger partial charge >= 0.3 is 0 Å². The second kappa shape index (κ2) is 7.45. The van der Waals surface area contributed by atoms with Crippen molar-refractivity contribution < 1.29 is 4.79 Å². The number of carbonyl (C=O) groups is 1. The van der Waals surface area contributed by atoms with Crippen molar-refractivity contribution in [3.05, 3.63) is 39.9 Å². The number of benzene rings is 1. The predicted molar refractivity (Wildman–Crippen MR) is 78.0 cm³/mol. The van der Waals surface area contributed by atoms with Crippen molar-refractivity contribution in [1.82, 2.24) is 5.32 Å². The van der Waals surface area contributed by atoms with E-state index in [0.29, 0.717) is 22.5 Å². The molecular formula is C14H17Cl2NO. The Morgan fingerprint density at radius 2 is 2.11 bits per heavy atom. The van der Waals surface area contributed by atoms with Crippen LogP contribution in [-0.2, 0) is 4.79 Å². The zero-order valence-corrected chi connectivity index (χ0v) is 12.1. The molecule has 0 atom stereocenters. The maximum Gasteiger partial charge on any atom is 0.244 e. The lowest BCUT2D eigenvalue weighted by Crippen LogP contribution is -2.23. The lowest BCUT2D eigenvalue weighted by molar-refractivity contribution is -0.116.